The average Bonchev–Trinajstić information content (AvgIpc) is 2.66. The highest BCUT2D eigenvalue weighted by Crippen LogP contribution is 2.24. The summed E-state index contributed by atoms with van der Waals surface area (Å²) in [7, 11) is 0. The van der Waals surface area contributed by atoms with Gasteiger partial charge in [-0.3, -0.25) is 0 Å². The fraction of sp³-hybridized carbons (Fsp3) is 0.667. The third kappa shape index (κ3) is 3.89. The van der Waals surface area contributed by atoms with Gasteiger partial charge in [0.25, 0.3) is 0 Å². The van der Waals surface area contributed by atoms with Crippen molar-refractivity contribution in [2.75, 3.05) is 6.54 Å². The third-order valence-corrected chi connectivity index (χ3v) is 4.71. The molecule has 1 aromatic rings. The van der Waals surface area contributed by atoms with Crippen molar-refractivity contribution in [1.29, 1.82) is 0 Å². The second kappa shape index (κ2) is 6.02. The topological polar surface area (TPSA) is 12.0 Å². The summed E-state index contributed by atoms with van der Waals surface area (Å²) in [4.78, 5) is 1.43. The molecule has 15 heavy (non-hydrogen) atoms. The first-order chi connectivity index (χ1) is 7.34. The molecule has 1 heterocycles. The van der Waals surface area contributed by atoms with Crippen molar-refractivity contribution < 1.29 is 0 Å². The molecule has 1 aromatic heterocycles. The van der Waals surface area contributed by atoms with E-state index in [-0.39, 0.29) is 0 Å². The van der Waals surface area contributed by atoms with Crippen LogP contribution in [0.1, 0.15) is 37.0 Å². The molecule has 1 fully saturated rings. The van der Waals surface area contributed by atoms with E-state index in [2.05, 4.69) is 33.4 Å². The van der Waals surface area contributed by atoms with Crippen LogP contribution in [0.4, 0.5) is 0 Å². The van der Waals surface area contributed by atoms with Crippen LogP contribution in [0.2, 0.25) is 0 Å². The SMILES string of the molecule is Brc1ccc(CNCC2CCCCC2)s1. The lowest BCUT2D eigenvalue weighted by Gasteiger charge is -2.21. The molecule has 1 aliphatic rings. The van der Waals surface area contributed by atoms with Crippen molar-refractivity contribution in [1.82, 2.24) is 5.32 Å². The van der Waals surface area contributed by atoms with E-state index in [4.69, 9.17) is 0 Å². The zero-order chi connectivity index (χ0) is 10.5. The molecule has 0 spiro atoms. The maximum absolute atomic E-state index is 3.57. The van der Waals surface area contributed by atoms with E-state index >= 15 is 0 Å². The van der Waals surface area contributed by atoms with Gasteiger partial charge >= 0.3 is 0 Å². The fourth-order valence-electron chi connectivity index (χ4n) is 2.24. The van der Waals surface area contributed by atoms with E-state index in [9.17, 15) is 0 Å². The minimum Gasteiger partial charge on any atom is -0.312 e. The molecule has 0 saturated heterocycles. The van der Waals surface area contributed by atoms with Gasteiger partial charge in [0.15, 0.2) is 0 Å². The van der Waals surface area contributed by atoms with Gasteiger partial charge in [0.05, 0.1) is 3.79 Å². The molecule has 0 aliphatic heterocycles. The molecule has 0 bridgehead atoms. The predicted octanol–water partition coefficient (Wildman–Crippen LogP) is 4.18. The molecule has 0 atom stereocenters. The van der Waals surface area contributed by atoms with Gasteiger partial charge in [0.2, 0.25) is 0 Å². The standard InChI is InChI=1S/C12H18BrNS/c13-12-7-6-11(15-12)9-14-8-10-4-2-1-3-5-10/h6-7,10,14H,1-5,8-9H2. The Bertz CT molecular complexity index is 292. The maximum atomic E-state index is 3.57. The van der Waals surface area contributed by atoms with Gasteiger partial charge in [-0.1, -0.05) is 19.3 Å². The lowest BCUT2D eigenvalue weighted by Crippen LogP contribution is -2.23. The molecule has 0 aromatic carbocycles. The van der Waals surface area contributed by atoms with Gasteiger partial charge in [-0.2, -0.15) is 0 Å². The minimum atomic E-state index is 0.933. The first-order valence-electron chi connectivity index (χ1n) is 5.79. The normalized spacial score (nSPS) is 18.2. The zero-order valence-electron chi connectivity index (χ0n) is 8.97. The minimum absolute atomic E-state index is 0.933. The second-order valence-electron chi connectivity index (χ2n) is 4.34. The second-order valence-corrected chi connectivity index (χ2v) is 6.89. The molecule has 1 N–H and O–H groups in total. The van der Waals surface area contributed by atoms with Crippen molar-refractivity contribution in [3.05, 3.63) is 20.8 Å². The quantitative estimate of drug-likeness (QED) is 0.876. The molecule has 0 radical (unpaired) electrons. The number of hydrogen-bond donors (Lipinski definition) is 1. The van der Waals surface area contributed by atoms with Gasteiger partial charge in [-0.15, -0.1) is 11.3 Å². The van der Waals surface area contributed by atoms with Crippen molar-refractivity contribution in [3.8, 4) is 0 Å². The highest BCUT2D eigenvalue weighted by molar-refractivity contribution is 9.11. The van der Waals surface area contributed by atoms with Crippen LogP contribution >= 0.6 is 27.3 Å². The monoisotopic (exact) mass is 287 g/mol. The van der Waals surface area contributed by atoms with Crippen LogP contribution in [-0.4, -0.2) is 6.54 Å². The molecule has 1 aliphatic carbocycles. The lowest BCUT2D eigenvalue weighted by molar-refractivity contribution is 0.342. The molecule has 1 nitrogen and oxygen atoms in total. The Morgan fingerprint density at radius 3 is 2.73 bits per heavy atom. The summed E-state index contributed by atoms with van der Waals surface area (Å²) < 4.78 is 1.23. The summed E-state index contributed by atoms with van der Waals surface area (Å²) in [6, 6.07) is 4.32. The fourth-order valence-corrected chi connectivity index (χ4v) is 3.69. The molecule has 0 amide bonds. The predicted molar refractivity (Wildman–Crippen MR) is 70.3 cm³/mol. The molecule has 1 saturated carbocycles. The summed E-state index contributed by atoms with van der Waals surface area (Å²) in [5.41, 5.74) is 0. The van der Waals surface area contributed by atoms with E-state index in [0.717, 1.165) is 12.5 Å². The van der Waals surface area contributed by atoms with Crippen LogP contribution in [0.15, 0.2) is 15.9 Å². The largest absolute Gasteiger partial charge is 0.312 e. The van der Waals surface area contributed by atoms with E-state index in [1.165, 1.54) is 47.3 Å². The van der Waals surface area contributed by atoms with Crippen LogP contribution in [-0.2, 0) is 6.54 Å². The van der Waals surface area contributed by atoms with Crippen LogP contribution in [0.3, 0.4) is 0 Å². The lowest BCUT2D eigenvalue weighted by atomic mass is 9.89. The van der Waals surface area contributed by atoms with Gasteiger partial charge in [-0.05, 0) is 53.4 Å². The smallest absolute Gasteiger partial charge is 0.0701 e. The summed E-state index contributed by atoms with van der Waals surface area (Å²) in [6.45, 7) is 2.24. The van der Waals surface area contributed by atoms with E-state index in [1.54, 1.807) is 0 Å². The number of halogens is 1. The maximum Gasteiger partial charge on any atom is 0.0701 e. The summed E-state index contributed by atoms with van der Waals surface area (Å²) >= 11 is 5.32. The summed E-state index contributed by atoms with van der Waals surface area (Å²) in [5.74, 6) is 0.933. The van der Waals surface area contributed by atoms with Crippen molar-refractivity contribution in [3.63, 3.8) is 0 Å². The van der Waals surface area contributed by atoms with Crippen LogP contribution in [0.25, 0.3) is 0 Å². The Balaban J connectivity index is 1.65. The van der Waals surface area contributed by atoms with Gasteiger partial charge in [0.1, 0.15) is 0 Å². The summed E-state index contributed by atoms with van der Waals surface area (Å²) in [6.07, 6.45) is 7.20. The van der Waals surface area contributed by atoms with E-state index in [1.807, 2.05) is 11.3 Å². The van der Waals surface area contributed by atoms with Crippen molar-refractivity contribution >= 4 is 27.3 Å². The Kier molecular flexibility index (Phi) is 4.66. The van der Waals surface area contributed by atoms with Crippen molar-refractivity contribution in [2.45, 2.75) is 38.6 Å². The molecule has 0 unspecified atom stereocenters. The van der Waals surface area contributed by atoms with Crippen LogP contribution in [0.5, 0.6) is 0 Å². The number of hydrogen-bond acceptors (Lipinski definition) is 2. The first-order valence-corrected chi connectivity index (χ1v) is 7.40. The molecule has 2 rings (SSSR count). The van der Waals surface area contributed by atoms with Gasteiger partial charge < -0.3 is 5.32 Å². The van der Waals surface area contributed by atoms with Crippen LogP contribution in [0, 0.1) is 5.92 Å². The number of nitrogens with one attached hydrogen (secondary N) is 1. The Morgan fingerprint density at radius 1 is 1.27 bits per heavy atom. The van der Waals surface area contributed by atoms with Gasteiger partial charge in [0, 0.05) is 11.4 Å². The Hall–Kier alpha value is 0.140. The highest BCUT2D eigenvalue weighted by atomic mass is 79.9. The molecular formula is C12H18BrNS. The molecule has 3 heteroatoms. The third-order valence-electron chi connectivity index (χ3n) is 3.09. The molecule has 84 valence electrons. The zero-order valence-corrected chi connectivity index (χ0v) is 11.4. The number of rotatable bonds is 4. The van der Waals surface area contributed by atoms with Crippen molar-refractivity contribution in [2.24, 2.45) is 5.92 Å². The first kappa shape index (κ1) is 11.6. The Labute approximate surface area is 104 Å². The van der Waals surface area contributed by atoms with Crippen LogP contribution < -0.4 is 5.32 Å². The molecular weight excluding hydrogens is 270 g/mol. The Morgan fingerprint density at radius 2 is 2.07 bits per heavy atom. The average molecular weight is 288 g/mol. The number of thiophene rings is 1. The highest BCUT2D eigenvalue weighted by Gasteiger charge is 2.12. The summed E-state index contributed by atoms with van der Waals surface area (Å²) in [5, 5.41) is 3.57. The van der Waals surface area contributed by atoms with E-state index in [0.29, 0.717) is 0 Å². The van der Waals surface area contributed by atoms with Gasteiger partial charge in [-0.25, -0.2) is 0 Å². The van der Waals surface area contributed by atoms with E-state index < -0.39 is 0 Å².